The number of carbonyl (C=O) groups is 1. The van der Waals surface area contributed by atoms with Crippen LogP contribution in [0.2, 0.25) is 0 Å². The van der Waals surface area contributed by atoms with E-state index in [4.69, 9.17) is 4.74 Å². The minimum Gasteiger partial charge on any atom is -0.487 e. The predicted octanol–water partition coefficient (Wildman–Crippen LogP) is 2.80. The molecular weight excluding hydrogens is 289 g/mol. The number of amides is 1. The van der Waals surface area contributed by atoms with E-state index >= 15 is 0 Å². The minimum atomic E-state index is -0.376. The summed E-state index contributed by atoms with van der Waals surface area (Å²) < 4.78 is 19.3. The van der Waals surface area contributed by atoms with Crippen LogP contribution in [-0.4, -0.2) is 12.5 Å². The lowest BCUT2D eigenvalue weighted by molar-refractivity contribution is -0.110. The Kier molecular flexibility index (Phi) is 2.29. The number of hydrogen-bond donors (Lipinski definition) is 1. The number of benzene rings is 1. The van der Waals surface area contributed by atoms with Crippen molar-refractivity contribution in [2.75, 3.05) is 11.9 Å². The van der Waals surface area contributed by atoms with Gasteiger partial charge in [0.05, 0.1) is 11.3 Å². The van der Waals surface area contributed by atoms with Crippen molar-refractivity contribution in [1.29, 1.82) is 0 Å². The molecule has 1 N–H and O–H groups in total. The molecule has 0 fully saturated rings. The maximum Gasteiger partial charge on any atom is 0.260 e. The molecule has 0 saturated heterocycles. The highest BCUT2D eigenvalue weighted by atomic mass is 79.9. The number of ether oxygens (including phenoxy) is 1. The van der Waals surface area contributed by atoms with Gasteiger partial charge in [-0.25, -0.2) is 4.39 Å². The van der Waals surface area contributed by atoms with Gasteiger partial charge in [-0.05, 0) is 24.3 Å². The first kappa shape index (κ1) is 10.5. The summed E-state index contributed by atoms with van der Waals surface area (Å²) in [5, 5.41) is 2.62. The van der Waals surface area contributed by atoms with Gasteiger partial charge in [0.15, 0.2) is 0 Å². The average molecular weight is 296 g/mol. The lowest BCUT2D eigenvalue weighted by Crippen LogP contribution is -2.05. The van der Waals surface area contributed by atoms with E-state index in [9.17, 15) is 9.18 Å². The number of allylic oxidation sites excluding steroid dienone is 1. The summed E-state index contributed by atoms with van der Waals surface area (Å²) in [6.07, 6.45) is 1.76. The molecule has 0 atom stereocenters. The summed E-state index contributed by atoms with van der Waals surface area (Å²) in [6, 6.07) is 4.20. The van der Waals surface area contributed by atoms with E-state index < -0.39 is 0 Å². The van der Waals surface area contributed by atoms with Crippen LogP contribution in [0, 0.1) is 5.82 Å². The molecule has 1 amide bonds. The molecule has 0 bridgehead atoms. The van der Waals surface area contributed by atoms with Crippen LogP contribution in [0.25, 0.3) is 5.57 Å². The van der Waals surface area contributed by atoms with Crippen LogP contribution in [0.5, 0.6) is 0 Å². The first-order valence-corrected chi connectivity index (χ1v) is 5.79. The summed E-state index contributed by atoms with van der Waals surface area (Å²) in [4.78, 5) is 11.8. The Hall–Kier alpha value is -1.62. The van der Waals surface area contributed by atoms with Crippen LogP contribution in [0.3, 0.4) is 0 Å². The Morgan fingerprint density at radius 2 is 2.24 bits per heavy atom. The van der Waals surface area contributed by atoms with Gasteiger partial charge in [0.2, 0.25) is 0 Å². The number of carbonyl (C=O) groups excluding carboxylic acids is 1. The summed E-state index contributed by atoms with van der Waals surface area (Å²) in [7, 11) is 0. The van der Waals surface area contributed by atoms with Crippen molar-refractivity contribution in [3.63, 3.8) is 0 Å². The maximum absolute atomic E-state index is 13.0. The topological polar surface area (TPSA) is 38.3 Å². The maximum atomic E-state index is 13.0. The van der Waals surface area contributed by atoms with Crippen molar-refractivity contribution < 1.29 is 13.9 Å². The van der Waals surface area contributed by atoms with E-state index in [-0.39, 0.29) is 11.7 Å². The summed E-state index contributed by atoms with van der Waals surface area (Å²) in [5.74, 6) is -0.127. The SMILES string of the molecule is O=C1Nc2cc(F)ccc2/C1=C1/C=C(Br)CO1. The van der Waals surface area contributed by atoms with Crippen LogP contribution >= 0.6 is 15.9 Å². The third-order valence-electron chi connectivity index (χ3n) is 2.63. The molecule has 0 aliphatic carbocycles. The Bertz CT molecular complexity index is 592. The number of rotatable bonds is 0. The second-order valence-corrected chi connectivity index (χ2v) is 4.78. The van der Waals surface area contributed by atoms with Crippen molar-refractivity contribution in [3.8, 4) is 0 Å². The van der Waals surface area contributed by atoms with E-state index in [1.54, 1.807) is 12.1 Å². The predicted molar refractivity (Wildman–Crippen MR) is 64.9 cm³/mol. The summed E-state index contributed by atoms with van der Waals surface area (Å²) >= 11 is 3.31. The average Bonchev–Trinajstić information content (AvgIpc) is 2.80. The highest BCUT2D eigenvalue weighted by molar-refractivity contribution is 9.11. The van der Waals surface area contributed by atoms with Crippen LogP contribution in [0.15, 0.2) is 34.5 Å². The standard InChI is InChI=1S/C12H7BrFNO2/c13-6-3-10(17-5-6)11-8-2-1-7(14)4-9(8)15-12(11)16/h1-4H,5H2,(H,15,16)/b11-10+. The molecule has 0 radical (unpaired) electrons. The monoisotopic (exact) mass is 295 g/mol. The number of fused-ring (bicyclic) bond motifs is 1. The first-order chi connectivity index (χ1) is 8.15. The van der Waals surface area contributed by atoms with Crippen molar-refractivity contribution in [2.45, 2.75) is 0 Å². The van der Waals surface area contributed by atoms with E-state index in [1.807, 2.05) is 0 Å². The molecule has 0 unspecified atom stereocenters. The third kappa shape index (κ3) is 1.67. The number of nitrogens with one attached hydrogen (secondary N) is 1. The smallest absolute Gasteiger partial charge is 0.260 e. The fourth-order valence-corrected chi connectivity index (χ4v) is 2.23. The van der Waals surface area contributed by atoms with Gasteiger partial charge in [0, 0.05) is 10.0 Å². The summed E-state index contributed by atoms with van der Waals surface area (Å²) in [5.41, 5.74) is 1.61. The largest absolute Gasteiger partial charge is 0.487 e. The fourth-order valence-electron chi connectivity index (χ4n) is 1.91. The van der Waals surface area contributed by atoms with Gasteiger partial charge in [-0.15, -0.1) is 0 Å². The van der Waals surface area contributed by atoms with E-state index in [2.05, 4.69) is 21.2 Å². The van der Waals surface area contributed by atoms with Crippen LogP contribution in [-0.2, 0) is 9.53 Å². The van der Waals surface area contributed by atoms with Crippen LogP contribution in [0.1, 0.15) is 5.56 Å². The number of anilines is 1. The molecule has 3 nitrogen and oxygen atoms in total. The van der Waals surface area contributed by atoms with Crippen LogP contribution in [0.4, 0.5) is 10.1 Å². The van der Waals surface area contributed by atoms with Crippen LogP contribution < -0.4 is 5.32 Å². The Morgan fingerprint density at radius 3 is 2.94 bits per heavy atom. The van der Waals surface area contributed by atoms with Crippen molar-refractivity contribution >= 4 is 33.1 Å². The van der Waals surface area contributed by atoms with Gasteiger partial charge in [0.25, 0.3) is 5.91 Å². The number of halogens is 2. The molecule has 0 aromatic heterocycles. The Balaban J connectivity index is 2.18. The van der Waals surface area contributed by atoms with E-state index in [0.717, 1.165) is 4.48 Å². The van der Waals surface area contributed by atoms with E-state index in [1.165, 1.54) is 12.1 Å². The zero-order chi connectivity index (χ0) is 12.0. The molecule has 2 aliphatic rings. The summed E-state index contributed by atoms with van der Waals surface area (Å²) in [6.45, 7) is 0.419. The van der Waals surface area contributed by atoms with Crippen molar-refractivity contribution in [2.24, 2.45) is 0 Å². The molecule has 86 valence electrons. The molecule has 2 heterocycles. The van der Waals surface area contributed by atoms with E-state index in [0.29, 0.717) is 29.2 Å². The minimum absolute atomic E-state index is 0.265. The highest BCUT2D eigenvalue weighted by Crippen LogP contribution is 2.37. The quantitative estimate of drug-likeness (QED) is 0.748. The second kappa shape index (κ2) is 3.70. The van der Waals surface area contributed by atoms with Gasteiger partial charge in [-0.1, -0.05) is 15.9 Å². The molecule has 2 aliphatic heterocycles. The molecule has 0 spiro atoms. The first-order valence-electron chi connectivity index (χ1n) is 4.99. The molecule has 1 aromatic carbocycles. The highest BCUT2D eigenvalue weighted by Gasteiger charge is 2.29. The Labute approximate surface area is 105 Å². The van der Waals surface area contributed by atoms with Gasteiger partial charge < -0.3 is 10.1 Å². The molecular formula is C12H7BrFNO2. The van der Waals surface area contributed by atoms with Crippen molar-refractivity contribution in [3.05, 3.63) is 45.9 Å². The molecule has 1 aromatic rings. The Morgan fingerprint density at radius 1 is 1.41 bits per heavy atom. The second-order valence-electron chi connectivity index (χ2n) is 3.76. The molecule has 0 saturated carbocycles. The van der Waals surface area contributed by atoms with Gasteiger partial charge in [-0.3, -0.25) is 4.79 Å². The number of hydrogen-bond acceptors (Lipinski definition) is 2. The van der Waals surface area contributed by atoms with Gasteiger partial charge >= 0.3 is 0 Å². The fraction of sp³-hybridized carbons (Fsp3) is 0.0833. The van der Waals surface area contributed by atoms with Crippen molar-refractivity contribution in [1.82, 2.24) is 0 Å². The molecule has 17 heavy (non-hydrogen) atoms. The molecule has 3 rings (SSSR count). The zero-order valence-electron chi connectivity index (χ0n) is 8.59. The zero-order valence-corrected chi connectivity index (χ0v) is 10.2. The van der Waals surface area contributed by atoms with Gasteiger partial charge in [0.1, 0.15) is 18.2 Å². The third-order valence-corrected chi connectivity index (χ3v) is 3.08. The lowest BCUT2D eigenvalue weighted by atomic mass is 10.1. The molecule has 5 heteroatoms. The normalized spacial score (nSPS) is 22.0. The van der Waals surface area contributed by atoms with Gasteiger partial charge in [-0.2, -0.15) is 0 Å². The lowest BCUT2D eigenvalue weighted by Gasteiger charge is -2.02.